The van der Waals surface area contributed by atoms with Crippen molar-refractivity contribution in [1.82, 2.24) is 0 Å². The summed E-state index contributed by atoms with van der Waals surface area (Å²) < 4.78 is 14.8. The van der Waals surface area contributed by atoms with Gasteiger partial charge in [-0.1, -0.05) is 26.7 Å². The summed E-state index contributed by atoms with van der Waals surface area (Å²) in [4.78, 5) is 22.4. The molecule has 0 aromatic carbocycles. The van der Waals surface area contributed by atoms with Gasteiger partial charge in [0.15, 0.2) is 0 Å². The number of ether oxygens (including phenoxy) is 3. The predicted octanol–water partition coefficient (Wildman–Crippen LogP) is 2.08. The third-order valence-corrected chi connectivity index (χ3v) is 2.23. The topological polar surface area (TPSA) is 61.8 Å². The van der Waals surface area contributed by atoms with Crippen LogP contribution in [0.2, 0.25) is 0 Å². The number of hydrogen-bond acceptors (Lipinski definition) is 5. The maximum Gasteiger partial charge on any atom is 0.332 e. The van der Waals surface area contributed by atoms with E-state index in [-0.39, 0.29) is 19.3 Å². The Morgan fingerprint density at radius 3 is 2.33 bits per heavy atom. The number of unbranched alkanes of at least 4 members (excludes halogenated alkanes) is 1. The van der Waals surface area contributed by atoms with Crippen LogP contribution in [0, 0.1) is 0 Å². The van der Waals surface area contributed by atoms with Crippen LogP contribution >= 0.6 is 0 Å². The van der Waals surface area contributed by atoms with Crippen molar-refractivity contribution in [3.63, 3.8) is 0 Å². The first-order valence-electron chi connectivity index (χ1n) is 6.53. The minimum atomic E-state index is -0.447. The Morgan fingerprint density at radius 2 is 1.72 bits per heavy atom. The second-order valence-electron chi connectivity index (χ2n) is 4.16. The van der Waals surface area contributed by atoms with Crippen LogP contribution in [0.4, 0.5) is 0 Å². The van der Waals surface area contributed by atoms with Gasteiger partial charge in [0, 0.05) is 0 Å². The third-order valence-electron chi connectivity index (χ3n) is 2.23. The van der Waals surface area contributed by atoms with E-state index in [1.165, 1.54) is 0 Å². The van der Waals surface area contributed by atoms with E-state index in [0.29, 0.717) is 6.61 Å². The summed E-state index contributed by atoms with van der Waals surface area (Å²) >= 11 is 0. The van der Waals surface area contributed by atoms with Crippen molar-refractivity contribution < 1.29 is 23.8 Å². The quantitative estimate of drug-likeness (QED) is 0.444. The van der Waals surface area contributed by atoms with Crippen LogP contribution in [0.25, 0.3) is 0 Å². The zero-order valence-corrected chi connectivity index (χ0v) is 11.6. The van der Waals surface area contributed by atoms with Gasteiger partial charge in [-0.3, -0.25) is 0 Å². The molecule has 0 rings (SSSR count). The van der Waals surface area contributed by atoms with Crippen LogP contribution in [0.3, 0.4) is 0 Å². The summed E-state index contributed by atoms with van der Waals surface area (Å²) in [5, 5.41) is 0. The van der Waals surface area contributed by atoms with Gasteiger partial charge >= 0.3 is 11.9 Å². The van der Waals surface area contributed by atoms with E-state index in [1.807, 2.05) is 20.8 Å². The molecule has 0 radical (unpaired) electrons. The molecular weight excluding hydrogens is 236 g/mol. The fourth-order valence-corrected chi connectivity index (χ4v) is 1.31. The van der Waals surface area contributed by atoms with Crippen LogP contribution in [0.15, 0.2) is 0 Å². The van der Waals surface area contributed by atoms with Crippen LogP contribution in [-0.4, -0.2) is 37.9 Å². The monoisotopic (exact) mass is 260 g/mol. The smallest absolute Gasteiger partial charge is 0.332 e. The molecule has 1 unspecified atom stereocenters. The second kappa shape index (κ2) is 11.0. The Morgan fingerprint density at radius 1 is 1.06 bits per heavy atom. The molecule has 5 nitrogen and oxygen atoms in total. The van der Waals surface area contributed by atoms with Gasteiger partial charge in [-0.2, -0.15) is 0 Å². The Bertz CT molecular complexity index is 240. The Hall–Kier alpha value is -1.10. The molecule has 0 saturated heterocycles. The molecule has 18 heavy (non-hydrogen) atoms. The standard InChI is InChI=1S/C13H24O5/c1-4-6-8-17-12(14)9-16-10-13(15)18-11(3)7-5-2/h11H,4-10H2,1-3H3. The largest absolute Gasteiger partial charge is 0.464 e. The van der Waals surface area contributed by atoms with Crippen molar-refractivity contribution in [1.29, 1.82) is 0 Å². The molecule has 0 aromatic rings. The highest BCUT2D eigenvalue weighted by atomic mass is 16.6. The number of esters is 2. The summed E-state index contributed by atoms with van der Waals surface area (Å²) in [6.45, 7) is 5.85. The van der Waals surface area contributed by atoms with E-state index in [1.54, 1.807) is 0 Å². The van der Waals surface area contributed by atoms with E-state index in [4.69, 9.17) is 14.2 Å². The van der Waals surface area contributed by atoms with Crippen molar-refractivity contribution in [2.75, 3.05) is 19.8 Å². The van der Waals surface area contributed by atoms with Crippen LogP contribution in [0.1, 0.15) is 46.5 Å². The second-order valence-corrected chi connectivity index (χ2v) is 4.16. The zero-order chi connectivity index (χ0) is 13.8. The molecule has 0 heterocycles. The van der Waals surface area contributed by atoms with Crippen LogP contribution in [-0.2, 0) is 23.8 Å². The molecule has 0 N–H and O–H groups in total. The van der Waals surface area contributed by atoms with E-state index in [9.17, 15) is 9.59 Å². The first kappa shape index (κ1) is 16.9. The molecule has 0 aliphatic heterocycles. The molecule has 0 aromatic heterocycles. The van der Waals surface area contributed by atoms with E-state index >= 15 is 0 Å². The van der Waals surface area contributed by atoms with Gasteiger partial charge in [-0.15, -0.1) is 0 Å². The minimum Gasteiger partial charge on any atom is -0.464 e. The molecule has 106 valence electrons. The molecule has 0 spiro atoms. The molecule has 0 aliphatic carbocycles. The predicted molar refractivity (Wildman–Crippen MR) is 67.1 cm³/mol. The summed E-state index contributed by atoms with van der Waals surface area (Å²) in [5.41, 5.74) is 0. The molecule has 0 fully saturated rings. The lowest BCUT2D eigenvalue weighted by molar-refractivity contribution is -0.158. The Balaban J connectivity index is 3.52. The summed E-state index contributed by atoms with van der Waals surface area (Å²) in [6.07, 6.45) is 3.48. The Kier molecular flexibility index (Phi) is 10.3. The minimum absolute atomic E-state index is 0.109. The number of carbonyl (C=O) groups excluding carboxylic acids is 2. The molecule has 0 saturated carbocycles. The average Bonchev–Trinajstić information content (AvgIpc) is 2.29. The van der Waals surface area contributed by atoms with Gasteiger partial charge in [0.2, 0.25) is 0 Å². The highest BCUT2D eigenvalue weighted by Gasteiger charge is 2.10. The van der Waals surface area contributed by atoms with Gasteiger partial charge in [-0.05, 0) is 19.8 Å². The van der Waals surface area contributed by atoms with Gasteiger partial charge in [0.05, 0.1) is 12.7 Å². The first-order valence-corrected chi connectivity index (χ1v) is 6.53. The lowest BCUT2D eigenvalue weighted by Crippen LogP contribution is -2.22. The molecule has 0 bridgehead atoms. The summed E-state index contributed by atoms with van der Waals surface area (Å²) in [6, 6.07) is 0. The van der Waals surface area contributed by atoms with Crippen molar-refractivity contribution in [3.05, 3.63) is 0 Å². The summed E-state index contributed by atoms with van der Waals surface area (Å²) in [5.74, 6) is -0.893. The van der Waals surface area contributed by atoms with E-state index < -0.39 is 11.9 Å². The molecule has 0 amide bonds. The zero-order valence-electron chi connectivity index (χ0n) is 11.6. The van der Waals surface area contributed by atoms with Crippen LogP contribution < -0.4 is 0 Å². The van der Waals surface area contributed by atoms with Crippen molar-refractivity contribution >= 4 is 11.9 Å². The first-order chi connectivity index (χ1) is 8.60. The highest BCUT2D eigenvalue weighted by Crippen LogP contribution is 2.01. The van der Waals surface area contributed by atoms with Crippen LogP contribution in [0.5, 0.6) is 0 Å². The fraction of sp³-hybridized carbons (Fsp3) is 0.846. The number of carbonyl (C=O) groups is 2. The third kappa shape index (κ3) is 10.1. The normalized spacial score (nSPS) is 11.9. The SMILES string of the molecule is CCCCOC(=O)COCC(=O)OC(C)CCC. The average molecular weight is 260 g/mol. The maximum atomic E-state index is 11.3. The van der Waals surface area contributed by atoms with E-state index in [0.717, 1.165) is 25.7 Å². The van der Waals surface area contributed by atoms with E-state index in [2.05, 4.69) is 0 Å². The summed E-state index contributed by atoms with van der Waals surface area (Å²) in [7, 11) is 0. The van der Waals surface area contributed by atoms with Gasteiger partial charge in [0.1, 0.15) is 13.2 Å². The van der Waals surface area contributed by atoms with Crippen molar-refractivity contribution in [2.45, 2.75) is 52.6 Å². The lowest BCUT2D eigenvalue weighted by atomic mass is 10.2. The molecule has 5 heteroatoms. The number of rotatable bonds is 10. The van der Waals surface area contributed by atoms with Crippen molar-refractivity contribution in [3.8, 4) is 0 Å². The lowest BCUT2D eigenvalue weighted by Gasteiger charge is -2.11. The maximum absolute atomic E-state index is 11.3. The fourth-order valence-electron chi connectivity index (χ4n) is 1.31. The van der Waals surface area contributed by atoms with Gasteiger partial charge in [-0.25, -0.2) is 9.59 Å². The number of hydrogen-bond donors (Lipinski definition) is 0. The molecular formula is C13H24O5. The molecule has 0 aliphatic rings. The van der Waals surface area contributed by atoms with Crippen molar-refractivity contribution in [2.24, 2.45) is 0 Å². The van der Waals surface area contributed by atoms with Gasteiger partial charge in [0.25, 0.3) is 0 Å². The van der Waals surface area contributed by atoms with Gasteiger partial charge < -0.3 is 14.2 Å². The highest BCUT2D eigenvalue weighted by molar-refractivity contribution is 5.73. The molecule has 1 atom stereocenters. The Labute approximate surface area is 109 Å².